The van der Waals surface area contributed by atoms with Gasteiger partial charge in [-0.25, -0.2) is 4.99 Å². The number of hydrogen-bond acceptors (Lipinski definition) is 4. The van der Waals surface area contributed by atoms with Gasteiger partial charge in [0.2, 0.25) is 0 Å². The lowest BCUT2D eigenvalue weighted by Crippen LogP contribution is -2.10. The van der Waals surface area contributed by atoms with E-state index in [1.54, 1.807) is 0 Å². The first-order valence-electron chi connectivity index (χ1n) is 11.1. The lowest BCUT2D eigenvalue weighted by Gasteiger charge is -2.09. The first-order chi connectivity index (χ1) is 16.0. The molecule has 0 bridgehead atoms. The smallest absolute Gasteiger partial charge is 0.163 e. The highest BCUT2D eigenvalue weighted by Crippen LogP contribution is 2.42. The lowest BCUT2D eigenvalue weighted by molar-refractivity contribution is -0.118. The first kappa shape index (κ1) is 22.2. The van der Waals surface area contributed by atoms with E-state index in [0.717, 1.165) is 55.9 Å². The van der Waals surface area contributed by atoms with Crippen LogP contribution in [-0.2, 0) is 22.4 Å². The summed E-state index contributed by atoms with van der Waals surface area (Å²) in [6, 6.07) is 12.1. The quantitative estimate of drug-likeness (QED) is 0.413. The number of ketones is 2. The predicted octanol–water partition coefficient (Wildman–Crippen LogP) is 6.23. The van der Waals surface area contributed by atoms with Gasteiger partial charge in [0.15, 0.2) is 5.78 Å². The predicted molar refractivity (Wildman–Crippen MR) is 137 cm³/mol. The van der Waals surface area contributed by atoms with Gasteiger partial charge in [0.1, 0.15) is 12.1 Å². The highest BCUT2D eigenvalue weighted by Gasteiger charge is 2.30. The van der Waals surface area contributed by atoms with Crippen LogP contribution in [0.2, 0.25) is 5.02 Å². The van der Waals surface area contributed by atoms with Gasteiger partial charge < -0.3 is 0 Å². The summed E-state index contributed by atoms with van der Waals surface area (Å²) in [7, 11) is 0. The molecule has 0 fully saturated rings. The van der Waals surface area contributed by atoms with Crippen molar-refractivity contribution in [3.8, 4) is 0 Å². The average molecular weight is 522 g/mol. The number of Topliss-reactive ketones (excluding diaryl/α,β-unsaturated/α-hetero) is 2. The topological polar surface area (TPSA) is 58.9 Å². The van der Waals surface area contributed by atoms with Crippen molar-refractivity contribution in [1.82, 2.24) is 0 Å². The molecule has 2 aromatic carbocycles. The molecule has 33 heavy (non-hydrogen) atoms. The molecular formula is C27H22BrClN2O2. The van der Waals surface area contributed by atoms with Gasteiger partial charge in [-0.2, -0.15) is 0 Å². The molecule has 0 saturated carbocycles. The monoisotopic (exact) mass is 520 g/mol. The van der Waals surface area contributed by atoms with Crippen LogP contribution in [0.25, 0.3) is 11.6 Å². The third kappa shape index (κ3) is 4.71. The molecule has 166 valence electrons. The van der Waals surface area contributed by atoms with Gasteiger partial charge in [0.25, 0.3) is 0 Å². The Kier molecular flexibility index (Phi) is 6.26. The minimum absolute atomic E-state index is 0.107. The number of carbonyl (C=O) groups is 2. The number of aliphatic imine (C=N–C) groups is 2. The van der Waals surface area contributed by atoms with Crippen molar-refractivity contribution >= 4 is 62.8 Å². The van der Waals surface area contributed by atoms with Crippen LogP contribution in [0.15, 0.2) is 62.0 Å². The number of fused-ring (bicyclic) bond motifs is 2. The Balaban J connectivity index is 1.35. The molecule has 0 saturated heterocycles. The van der Waals surface area contributed by atoms with Gasteiger partial charge in [-0.15, -0.1) is 0 Å². The highest BCUT2D eigenvalue weighted by atomic mass is 79.9. The molecule has 3 aliphatic rings. The van der Waals surface area contributed by atoms with Crippen molar-refractivity contribution in [2.75, 3.05) is 6.54 Å². The van der Waals surface area contributed by atoms with Crippen LogP contribution in [-0.4, -0.2) is 30.2 Å². The van der Waals surface area contributed by atoms with E-state index in [2.05, 4.69) is 44.1 Å². The Morgan fingerprint density at radius 1 is 1.03 bits per heavy atom. The molecule has 1 aliphatic heterocycles. The maximum atomic E-state index is 13.4. The SMILES string of the molecule is O=C(CCCC(=O)C1=C(C2=Cc3cc(Cl)ccc3C2)Cc2cc(Br)ccc21)CC1=NC=NC1. The van der Waals surface area contributed by atoms with Crippen molar-refractivity contribution in [3.63, 3.8) is 0 Å². The van der Waals surface area contributed by atoms with E-state index in [1.807, 2.05) is 24.3 Å². The molecular weight excluding hydrogens is 500 g/mol. The molecule has 1 heterocycles. The normalized spacial score (nSPS) is 16.1. The van der Waals surface area contributed by atoms with Gasteiger partial charge in [-0.05, 0) is 76.9 Å². The Hall–Kier alpha value is -2.63. The second-order valence-corrected chi connectivity index (χ2v) is 10.0. The van der Waals surface area contributed by atoms with Crippen molar-refractivity contribution in [3.05, 3.63) is 79.3 Å². The number of benzene rings is 2. The van der Waals surface area contributed by atoms with Crippen LogP contribution < -0.4 is 0 Å². The summed E-state index contributed by atoms with van der Waals surface area (Å²) in [4.78, 5) is 33.8. The number of nitrogens with zero attached hydrogens (tertiary/aromatic N) is 2. The van der Waals surface area contributed by atoms with Crippen molar-refractivity contribution in [1.29, 1.82) is 0 Å². The Bertz CT molecular complexity index is 1300. The molecule has 0 radical (unpaired) electrons. The number of rotatable bonds is 8. The van der Waals surface area contributed by atoms with Crippen LogP contribution in [0.4, 0.5) is 0 Å². The number of allylic oxidation sites excluding steroid dienone is 3. The van der Waals surface area contributed by atoms with E-state index < -0.39 is 0 Å². The fraction of sp³-hybridized carbons (Fsp3) is 0.259. The summed E-state index contributed by atoms with van der Waals surface area (Å²) >= 11 is 9.76. The van der Waals surface area contributed by atoms with Crippen LogP contribution in [0.5, 0.6) is 0 Å². The molecule has 0 aromatic heterocycles. The fourth-order valence-electron chi connectivity index (χ4n) is 4.78. The standard InChI is InChI=1S/C27H22BrClN2O2/c28-20-5-7-24-19(10-20)12-25(18-8-16-4-6-21(29)11-17(16)9-18)27(24)26(33)3-1-2-23(32)13-22-14-30-15-31-22/h4-7,9-11,15H,1-3,8,12-14H2. The Morgan fingerprint density at radius 3 is 2.73 bits per heavy atom. The second-order valence-electron chi connectivity index (χ2n) is 8.66. The molecule has 2 aliphatic carbocycles. The van der Waals surface area contributed by atoms with Gasteiger partial charge in [0, 0.05) is 40.0 Å². The van der Waals surface area contributed by atoms with Gasteiger partial charge >= 0.3 is 0 Å². The van der Waals surface area contributed by atoms with Gasteiger partial charge in [0.05, 0.1) is 6.54 Å². The number of carbonyl (C=O) groups excluding carboxylic acids is 2. The summed E-state index contributed by atoms with van der Waals surface area (Å²) in [6.07, 6.45) is 6.82. The second kappa shape index (κ2) is 9.32. The zero-order valence-electron chi connectivity index (χ0n) is 18.0. The molecule has 2 aromatic rings. The Morgan fingerprint density at radius 2 is 1.91 bits per heavy atom. The van der Waals surface area contributed by atoms with Gasteiger partial charge in [-0.3, -0.25) is 14.6 Å². The van der Waals surface area contributed by atoms with E-state index in [1.165, 1.54) is 17.5 Å². The largest absolute Gasteiger partial charge is 0.299 e. The van der Waals surface area contributed by atoms with E-state index in [0.29, 0.717) is 32.2 Å². The third-order valence-electron chi connectivity index (χ3n) is 6.35. The van der Waals surface area contributed by atoms with Gasteiger partial charge in [-0.1, -0.05) is 45.7 Å². The van der Waals surface area contributed by atoms with E-state index in [-0.39, 0.29) is 11.6 Å². The minimum Gasteiger partial charge on any atom is -0.299 e. The van der Waals surface area contributed by atoms with Crippen molar-refractivity contribution in [2.24, 2.45) is 9.98 Å². The average Bonchev–Trinajstić information content (AvgIpc) is 3.50. The lowest BCUT2D eigenvalue weighted by atomic mass is 9.93. The number of halogens is 2. The highest BCUT2D eigenvalue weighted by molar-refractivity contribution is 9.10. The van der Waals surface area contributed by atoms with E-state index in [9.17, 15) is 9.59 Å². The fourth-order valence-corrected chi connectivity index (χ4v) is 5.37. The maximum absolute atomic E-state index is 13.4. The Labute approximate surface area is 206 Å². The summed E-state index contributed by atoms with van der Waals surface area (Å²) in [5, 5.41) is 0.718. The molecule has 5 rings (SSSR count). The first-order valence-corrected chi connectivity index (χ1v) is 12.2. The summed E-state index contributed by atoms with van der Waals surface area (Å²) in [5.74, 6) is 0.220. The number of hydrogen-bond donors (Lipinski definition) is 0. The maximum Gasteiger partial charge on any atom is 0.163 e. The van der Waals surface area contributed by atoms with Crippen molar-refractivity contribution in [2.45, 2.75) is 38.5 Å². The third-order valence-corrected chi connectivity index (χ3v) is 7.08. The minimum atomic E-state index is 0.107. The molecule has 4 nitrogen and oxygen atoms in total. The summed E-state index contributed by atoms with van der Waals surface area (Å²) in [5.41, 5.74) is 8.42. The van der Waals surface area contributed by atoms with Crippen LogP contribution >= 0.6 is 27.5 Å². The van der Waals surface area contributed by atoms with E-state index >= 15 is 0 Å². The van der Waals surface area contributed by atoms with Crippen LogP contribution in [0, 0.1) is 0 Å². The molecule has 0 spiro atoms. The van der Waals surface area contributed by atoms with Crippen molar-refractivity contribution < 1.29 is 9.59 Å². The van der Waals surface area contributed by atoms with Crippen LogP contribution in [0.1, 0.15) is 47.9 Å². The molecule has 0 N–H and O–H groups in total. The molecule has 0 atom stereocenters. The molecule has 0 unspecified atom stereocenters. The van der Waals surface area contributed by atoms with Crippen LogP contribution in [0.3, 0.4) is 0 Å². The zero-order chi connectivity index (χ0) is 22.9. The van der Waals surface area contributed by atoms with E-state index in [4.69, 9.17) is 11.6 Å². The zero-order valence-corrected chi connectivity index (χ0v) is 20.4. The summed E-state index contributed by atoms with van der Waals surface area (Å²) in [6.45, 7) is 0.510. The molecule has 6 heteroatoms. The summed E-state index contributed by atoms with van der Waals surface area (Å²) < 4.78 is 1.01. The molecule has 0 amide bonds.